The Kier molecular flexibility index (Phi) is 8.54. The fourth-order valence-corrected chi connectivity index (χ4v) is 11.4. The third-order valence-electron chi connectivity index (χ3n) is 13.7. The number of aliphatic hydroxyl groups is 1. The molecule has 12 atom stereocenters. The Labute approximate surface area is 248 Å². The van der Waals surface area contributed by atoms with E-state index < -0.39 is 0 Å². The van der Waals surface area contributed by atoms with Crippen molar-refractivity contribution in [3.8, 4) is 0 Å². The van der Waals surface area contributed by atoms with E-state index in [0.717, 1.165) is 56.5 Å². The summed E-state index contributed by atoms with van der Waals surface area (Å²) in [7, 11) is 0. The van der Waals surface area contributed by atoms with Gasteiger partial charge < -0.3 is 25.4 Å². The van der Waals surface area contributed by atoms with E-state index in [0.29, 0.717) is 59.8 Å². The highest BCUT2D eigenvalue weighted by atomic mass is 16.5. The Morgan fingerprint density at radius 2 is 1.80 bits per heavy atom. The van der Waals surface area contributed by atoms with Crippen LogP contribution in [0.3, 0.4) is 0 Å². The van der Waals surface area contributed by atoms with E-state index in [4.69, 9.17) is 4.74 Å². The standard InChI is InChI=1S/C34H57N3O4/c1-21(20-38)5-8-28-22(2)32-29(41-28)18-27-25-7-6-23-17-24(9-11-33(23,3)26(25)10-12-34(27,32)4)36-30(39)19-31(40)37-15-13-35-14-16-37/h21-29,32,35,38H,5-20H2,1-4H3,(H,36,39)/t21-,22+,23+,24-,25+,26?,27?,28+,29-,32-,33-,34-/m0/s1. The molecule has 6 rings (SSSR count). The highest BCUT2D eigenvalue weighted by Gasteiger charge is 2.65. The molecule has 4 aliphatic carbocycles. The van der Waals surface area contributed by atoms with Gasteiger partial charge in [-0.15, -0.1) is 0 Å². The lowest BCUT2D eigenvalue weighted by atomic mass is 9.44. The van der Waals surface area contributed by atoms with Crippen molar-refractivity contribution in [1.82, 2.24) is 15.5 Å². The van der Waals surface area contributed by atoms with Crippen molar-refractivity contribution in [2.75, 3.05) is 32.8 Å². The van der Waals surface area contributed by atoms with E-state index >= 15 is 0 Å². The van der Waals surface area contributed by atoms with Gasteiger partial charge in [0.15, 0.2) is 0 Å². The van der Waals surface area contributed by atoms with Crippen LogP contribution < -0.4 is 10.6 Å². The topological polar surface area (TPSA) is 90.9 Å². The van der Waals surface area contributed by atoms with Gasteiger partial charge in [-0.3, -0.25) is 9.59 Å². The molecule has 0 aromatic rings. The Bertz CT molecular complexity index is 970. The molecule has 0 aromatic carbocycles. The lowest BCUT2D eigenvalue weighted by Crippen LogP contribution is -2.56. The zero-order chi connectivity index (χ0) is 28.9. The van der Waals surface area contributed by atoms with Crippen LogP contribution in [0.15, 0.2) is 0 Å². The lowest BCUT2D eigenvalue weighted by molar-refractivity contribution is -0.138. The predicted molar refractivity (Wildman–Crippen MR) is 160 cm³/mol. The van der Waals surface area contributed by atoms with E-state index in [1.165, 1.54) is 38.5 Å². The zero-order valence-electron chi connectivity index (χ0n) is 26.2. The van der Waals surface area contributed by atoms with Crippen LogP contribution in [-0.2, 0) is 14.3 Å². The first-order valence-corrected chi connectivity index (χ1v) is 17.2. The van der Waals surface area contributed by atoms with E-state index in [1.807, 2.05) is 4.90 Å². The minimum absolute atomic E-state index is 0.00641. The van der Waals surface area contributed by atoms with Crippen LogP contribution in [-0.4, -0.2) is 72.9 Å². The van der Waals surface area contributed by atoms with Gasteiger partial charge in [-0.05, 0) is 116 Å². The molecule has 4 saturated carbocycles. The van der Waals surface area contributed by atoms with Crippen LogP contribution in [0.25, 0.3) is 0 Å². The highest BCUT2D eigenvalue weighted by molar-refractivity contribution is 5.97. The van der Waals surface area contributed by atoms with Crippen LogP contribution in [0, 0.1) is 52.3 Å². The molecule has 0 aromatic heterocycles. The maximum absolute atomic E-state index is 12.8. The minimum Gasteiger partial charge on any atom is -0.396 e. The first-order valence-electron chi connectivity index (χ1n) is 17.2. The van der Waals surface area contributed by atoms with Gasteiger partial charge in [0.05, 0.1) is 12.2 Å². The Balaban J connectivity index is 1.05. The molecule has 2 amide bonds. The summed E-state index contributed by atoms with van der Waals surface area (Å²) in [6.07, 6.45) is 12.8. The van der Waals surface area contributed by atoms with Crippen molar-refractivity contribution in [3.05, 3.63) is 0 Å². The number of nitrogens with one attached hydrogen (secondary N) is 2. The molecule has 2 heterocycles. The van der Waals surface area contributed by atoms with Gasteiger partial charge >= 0.3 is 0 Å². The summed E-state index contributed by atoms with van der Waals surface area (Å²) in [5.41, 5.74) is 0.767. The van der Waals surface area contributed by atoms with Gasteiger partial charge in [0.2, 0.25) is 11.8 Å². The van der Waals surface area contributed by atoms with Gasteiger partial charge in [-0.1, -0.05) is 27.7 Å². The van der Waals surface area contributed by atoms with E-state index in [9.17, 15) is 14.7 Å². The number of fused-ring (bicyclic) bond motifs is 7. The molecule has 0 radical (unpaired) electrons. The highest BCUT2D eigenvalue weighted by Crippen LogP contribution is 2.70. The largest absolute Gasteiger partial charge is 0.396 e. The van der Waals surface area contributed by atoms with Crippen molar-refractivity contribution in [1.29, 1.82) is 0 Å². The third-order valence-corrected chi connectivity index (χ3v) is 13.7. The molecular formula is C34H57N3O4. The fraction of sp³-hybridized carbons (Fsp3) is 0.941. The SMILES string of the molecule is C[C@H](CO)CC[C@H]1O[C@H]2CC3[C@@H]4CC[C@@H]5C[C@@H](NC(=O)CC(=O)N6CCNCC6)CC[C@]5(C)C4CC[C@]3(C)[C@H]2[C@@H]1C. The summed E-state index contributed by atoms with van der Waals surface area (Å²) in [6, 6.07) is 0.215. The fourth-order valence-electron chi connectivity index (χ4n) is 11.4. The molecule has 2 saturated heterocycles. The van der Waals surface area contributed by atoms with Crippen LogP contribution in [0.1, 0.15) is 98.3 Å². The number of amides is 2. The summed E-state index contributed by atoms with van der Waals surface area (Å²) in [5.74, 6) is 4.61. The Morgan fingerprint density at radius 1 is 1.05 bits per heavy atom. The summed E-state index contributed by atoms with van der Waals surface area (Å²) in [6.45, 7) is 13.1. The maximum Gasteiger partial charge on any atom is 0.232 e. The average molecular weight is 572 g/mol. The van der Waals surface area contributed by atoms with Gasteiger partial charge in [-0.2, -0.15) is 0 Å². The van der Waals surface area contributed by atoms with Crippen molar-refractivity contribution in [2.45, 2.75) is 117 Å². The number of hydrogen-bond donors (Lipinski definition) is 3. The minimum atomic E-state index is -0.0833. The molecule has 0 spiro atoms. The number of rotatable bonds is 7. The monoisotopic (exact) mass is 571 g/mol. The van der Waals surface area contributed by atoms with Crippen molar-refractivity contribution >= 4 is 11.8 Å². The van der Waals surface area contributed by atoms with Crippen molar-refractivity contribution < 1.29 is 19.4 Å². The number of carbonyl (C=O) groups is 2. The van der Waals surface area contributed by atoms with Crippen molar-refractivity contribution in [3.63, 3.8) is 0 Å². The molecule has 7 heteroatoms. The predicted octanol–water partition coefficient (Wildman–Crippen LogP) is 4.37. The van der Waals surface area contributed by atoms with Gasteiger partial charge in [0.25, 0.3) is 0 Å². The summed E-state index contributed by atoms with van der Waals surface area (Å²) < 4.78 is 6.83. The van der Waals surface area contributed by atoms with E-state index in [2.05, 4.69) is 38.3 Å². The number of aliphatic hydroxyl groups excluding tert-OH is 1. The molecule has 6 aliphatic rings. The van der Waals surface area contributed by atoms with Crippen molar-refractivity contribution in [2.24, 2.45) is 52.3 Å². The molecule has 6 fully saturated rings. The molecule has 2 unspecified atom stereocenters. The van der Waals surface area contributed by atoms with Gasteiger partial charge in [0.1, 0.15) is 6.42 Å². The summed E-state index contributed by atoms with van der Waals surface area (Å²) in [5, 5.41) is 16.0. The summed E-state index contributed by atoms with van der Waals surface area (Å²) in [4.78, 5) is 27.3. The van der Waals surface area contributed by atoms with Gasteiger partial charge in [-0.25, -0.2) is 0 Å². The van der Waals surface area contributed by atoms with E-state index in [-0.39, 0.29) is 30.9 Å². The normalized spacial score (nSPS) is 46.2. The molecule has 41 heavy (non-hydrogen) atoms. The molecular weight excluding hydrogens is 514 g/mol. The third kappa shape index (κ3) is 5.39. The first-order chi connectivity index (χ1) is 19.6. The zero-order valence-corrected chi connectivity index (χ0v) is 26.2. The summed E-state index contributed by atoms with van der Waals surface area (Å²) >= 11 is 0. The number of hydrogen-bond acceptors (Lipinski definition) is 5. The number of carbonyl (C=O) groups excluding carboxylic acids is 2. The molecule has 7 nitrogen and oxygen atoms in total. The second kappa shape index (κ2) is 11.7. The Hall–Kier alpha value is -1.18. The van der Waals surface area contributed by atoms with Gasteiger partial charge in [0, 0.05) is 38.8 Å². The second-order valence-corrected chi connectivity index (χ2v) is 15.7. The number of ether oxygens (including phenoxy) is 1. The molecule has 232 valence electrons. The van der Waals surface area contributed by atoms with Crippen LogP contribution in [0.4, 0.5) is 0 Å². The molecule has 2 aliphatic heterocycles. The molecule has 0 bridgehead atoms. The quantitative estimate of drug-likeness (QED) is 0.395. The van der Waals surface area contributed by atoms with Crippen LogP contribution in [0.5, 0.6) is 0 Å². The lowest BCUT2D eigenvalue weighted by Gasteiger charge is -2.61. The Morgan fingerprint density at radius 3 is 2.56 bits per heavy atom. The number of piperazine rings is 1. The van der Waals surface area contributed by atoms with Crippen LogP contribution in [0.2, 0.25) is 0 Å². The van der Waals surface area contributed by atoms with E-state index in [1.54, 1.807) is 0 Å². The smallest absolute Gasteiger partial charge is 0.232 e. The number of nitrogens with zero attached hydrogens (tertiary/aromatic N) is 1. The van der Waals surface area contributed by atoms with Crippen LogP contribution >= 0.6 is 0 Å². The average Bonchev–Trinajstić information content (AvgIpc) is 3.45. The maximum atomic E-state index is 12.8. The molecule has 3 N–H and O–H groups in total. The second-order valence-electron chi connectivity index (χ2n) is 15.7. The first kappa shape index (κ1) is 29.9.